The first kappa shape index (κ1) is 19.8. The highest BCUT2D eigenvalue weighted by Crippen LogP contribution is 2.30. The first-order chi connectivity index (χ1) is 14.4. The second kappa shape index (κ2) is 7.74. The molecule has 1 unspecified atom stereocenters. The van der Waals surface area contributed by atoms with E-state index < -0.39 is 11.6 Å². The molecule has 0 bridgehead atoms. The summed E-state index contributed by atoms with van der Waals surface area (Å²) in [6.45, 7) is 5.87. The number of imide groups is 1. The summed E-state index contributed by atoms with van der Waals surface area (Å²) in [4.78, 5) is 26.8. The average Bonchev–Trinajstić information content (AvgIpc) is 3.27. The van der Waals surface area contributed by atoms with Gasteiger partial charge in [-0.1, -0.05) is 68.4 Å². The second-order valence-electron chi connectivity index (χ2n) is 7.98. The monoisotopic (exact) mass is 404 g/mol. The summed E-state index contributed by atoms with van der Waals surface area (Å²) in [5.41, 5.74) is 1.83. The van der Waals surface area contributed by atoms with Crippen molar-refractivity contribution in [1.29, 1.82) is 0 Å². The zero-order valence-electron chi connectivity index (χ0n) is 17.3. The van der Waals surface area contributed by atoms with Gasteiger partial charge in [0.1, 0.15) is 12.1 Å². The minimum Gasteiger partial charge on any atom is -0.423 e. The van der Waals surface area contributed by atoms with E-state index in [-0.39, 0.29) is 18.3 Å². The van der Waals surface area contributed by atoms with Gasteiger partial charge in [-0.05, 0) is 29.5 Å². The largest absolute Gasteiger partial charge is 0.423 e. The number of hydrogen-bond acceptors (Lipinski definition) is 5. The molecule has 7 heteroatoms. The smallest absolute Gasteiger partial charge is 0.325 e. The maximum absolute atomic E-state index is 13.1. The van der Waals surface area contributed by atoms with Crippen molar-refractivity contribution < 1.29 is 14.0 Å². The quantitative estimate of drug-likeness (QED) is 0.632. The fourth-order valence-corrected chi connectivity index (χ4v) is 3.57. The molecular formula is C23H24N4O3. The highest BCUT2D eigenvalue weighted by Gasteiger charge is 2.49. The molecule has 2 heterocycles. The van der Waals surface area contributed by atoms with Crippen molar-refractivity contribution in [2.75, 3.05) is 0 Å². The Morgan fingerprint density at radius 1 is 1.00 bits per heavy atom. The number of benzene rings is 2. The minimum atomic E-state index is -1.13. The van der Waals surface area contributed by atoms with Crippen molar-refractivity contribution in [2.45, 2.75) is 45.2 Å². The van der Waals surface area contributed by atoms with Gasteiger partial charge in [-0.3, -0.25) is 9.69 Å². The van der Waals surface area contributed by atoms with E-state index in [9.17, 15) is 9.59 Å². The van der Waals surface area contributed by atoms with E-state index in [1.54, 1.807) is 6.92 Å². The van der Waals surface area contributed by atoms with Crippen molar-refractivity contribution in [3.63, 3.8) is 0 Å². The Labute approximate surface area is 175 Å². The number of nitrogens with one attached hydrogen (secondary N) is 1. The third kappa shape index (κ3) is 3.70. The molecule has 0 saturated carbocycles. The number of hydrogen-bond donors (Lipinski definition) is 1. The molecule has 2 aromatic carbocycles. The Kier molecular flexibility index (Phi) is 5.11. The molecule has 3 amide bonds. The Bertz CT molecular complexity index is 1060. The summed E-state index contributed by atoms with van der Waals surface area (Å²) in [6.07, 6.45) is 0.494. The van der Waals surface area contributed by atoms with Gasteiger partial charge in [-0.15, -0.1) is 10.2 Å². The fraction of sp³-hybridized carbons (Fsp3) is 0.304. The van der Waals surface area contributed by atoms with Crippen LogP contribution in [-0.4, -0.2) is 27.0 Å². The topological polar surface area (TPSA) is 88.3 Å². The molecule has 1 aromatic heterocycles. The molecule has 7 nitrogen and oxygen atoms in total. The van der Waals surface area contributed by atoms with Gasteiger partial charge in [-0.2, -0.15) is 0 Å². The molecule has 0 radical (unpaired) electrons. The maximum atomic E-state index is 13.1. The molecule has 154 valence electrons. The molecular weight excluding hydrogens is 380 g/mol. The average molecular weight is 404 g/mol. The van der Waals surface area contributed by atoms with Crippen LogP contribution in [-0.2, 0) is 23.3 Å². The SMILES string of the molecule is CC(C)c1ccc(C2(C)NC(=O)N(Cc3nnc(Cc4ccccc4)o3)C2=O)cc1. The van der Waals surface area contributed by atoms with E-state index in [0.717, 1.165) is 16.0 Å². The van der Waals surface area contributed by atoms with E-state index in [4.69, 9.17) is 4.42 Å². The molecule has 0 aliphatic carbocycles. The van der Waals surface area contributed by atoms with Crippen LogP contribution < -0.4 is 5.32 Å². The maximum Gasteiger partial charge on any atom is 0.325 e. The number of carbonyl (C=O) groups is 2. The number of amides is 3. The lowest BCUT2D eigenvalue weighted by Gasteiger charge is -2.22. The van der Waals surface area contributed by atoms with Crippen LogP contribution in [0.5, 0.6) is 0 Å². The van der Waals surface area contributed by atoms with Gasteiger partial charge in [0.15, 0.2) is 0 Å². The molecule has 1 atom stereocenters. The third-order valence-corrected chi connectivity index (χ3v) is 5.43. The van der Waals surface area contributed by atoms with Crippen LogP contribution in [0.15, 0.2) is 59.0 Å². The second-order valence-corrected chi connectivity index (χ2v) is 7.98. The van der Waals surface area contributed by atoms with Gasteiger partial charge in [0.25, 0.3) is 5.91 Å². The van der Waals surface area contributed by atoms with E-state index >= 15 is 0 Å². The highest BCUT2D eigenvalue weighted by atomic mass is 16.4. The lowest BCUT2D eigenvalue weighted by Crippen LogP contribution is -2.40. The van der Waals surface area contributed by atoms with E-state index in [1.807, 2.05) is 54.6 Å². The Morgan fingerprint density at radius 3 is 2.33 bits per heavy atom. The van der Waals surface area contributed by atoms with Crippen LogP contribution in [0.1, 0.15) is 55.2 Å². The number of carbonyl (C=O) groups excluding carboxylic acids is 2. The molecule has 3 aromatic rings. The van der Waals surface area contributed by atoms with E-state index in [1.165, 1.54) is 5.56 Å². The number of nitrogens with zero attached hydrogens (tertiary/aromatic N) is 3. The molecule has 1 fully saturated rings. The Balaban J connectivity index is 1.49. The fourth-order valence-electron chi connectivity index (χ4n) is 3.57. The third-order valence-electron chi connectivity index (χ3n) is 5.43. The van der Waals surface area contributed by atoms with Crippen molar-refractivity contribution >= 4 is 11.9 Å². The molecule has 30 heavy (non-hydrogen) atoms. The normalized spacial score (nSPS) is 18.9. The molecule has 1 aliphatic heterocycles. The van der Waals surface area contributed by atoms with Crippen LogP contribution >= 0.6 is 0 Å². The molecule has 1 N–H and O–H groups in total. The number of urea groups is 1. The van der Waals surface area contributed by atoms with Gasteiger partial charge in [0.05, 0.1) is 6.42 Å². The molecule has 0 spiro atoms. The van der Waals surface area contributed by atoms with Crippen LogP contribution in [0.25, 0.3) is 0 Å². The van der Waals surface area contributed by atoms with Crippen LogP contribution in [0.3, 0.4) is 0 Å². The van der Waals surface area contributed by atoms with Crippen molar-refractivity contribution in [3.8, 4) is 0 Å². The summed E-state index contributed by atoms with van der Waals surface area (Å²) in [5, 5.41) is 10.9. The predicted molar refractivity (Wildman–Crippen MR) is 111 cm³/mol. The number of rotatable bonds is 6. The zero-order valence-corrected chi connectivity index (χ0v) is 17.3. The Hall–Kier alpha value is -3.48. The first-order valence-electron chi connectivity index (χ1n) is 9.96. The van der Waals surface area contributed by atoms with Crippen LogP contribution in [0.2, 0.25) is 0 Å². The van der Waals surface area contributed by atoms with Crippen molar-refractivity contribution in [2.24, 2.45) is 0 Å². The van der Waals surface area contributed by atoms with Crippen molar-refractivity contribution in [1.82, 2.24) is 20.4 Å². The first-order valence-corrected chi connectivity index (χ1v) is 9.96. The lowest BCUT2D eigenvalue weighted by atomic mass is 9.90. The van der Waals surface area contributed by atoms with Gasteiger partial charge < -0.3 is 9.73 Å². The van der Waals surface area contributed by atoms with Crippen LogP contribution in [0, 0.1) is 0 Å². The number of aromatic nitrogens is 2. The molecule has 4 rings (SSSR count). The Morgan fingerprint density at radius 2 is 1.67 bits per heavy atom. The zero-order chi connectivity index (χ0) is 21.3. The standard InChI is InChI=1S/C23H24N4O3/c1-15(2)17-9-11-18(12-10-17)23(3)21(28)27(22(29)24-23)14-20-26-25-19(30-20)13-16-7-5-4-6-8-16/h4-12,15H,13-14H2,1-3H3,(H,24,29). The summed E-state index contributed by atoms with van der Waals surface area (Å²) in [7, 11) is 0. The predicted octanol–water partition coefficient (Wildman–Crippen LogP) is 3.75. The molecule has 1 aliphatic rings. The highest BCUT2D eigenvalue weighted by molar-refractivity contribution is 6.07. The van der Waals surface area contributed by atoms with Gasteiger partial charge in [0, 0.05) is 0 Å². The van der Waals surface area contributed by atoms with Crippen molar-refractivity contribution in [3.05, 3.63) is 83.1 Å². The van der Waals surface area contributed by atoms with Gasteiger partial charge >= 0.3 is 6.03 Å². The lowest BCUT2D eigenvalue weighted by molar-refractivity contribution is -0.131. The van der Waals surface area contributed by atoms with Gasteiger partial charge in [-0.25, -0.2) is 4.79 Å². The summed E-state index contributed by atoms with van der Waals surface area (Å²) in [5.74, 6) is 0.714. The summed E-state index contributed by atoms with van der Waals surface area (Å²) >= 11 is 0. The van der Waals surface area contributed by atoms with Crippen LogP contribution in [0.4, 0.5) is 4.79 Å². The van der Waals surface area contributed by atoms with E-state index in [0.29, 0.717) is 18.2 Å². The summed E-state index contributed by atoms with van der Waals surface area (Å²) < 4.78 is 5.67. The molecule has 1 saturated heterocycles. The van der Waals surface area contributed by atoms with Gasteiger partial charge in [0.2, 0.25) is 11.8 Å². The summed E-state index contributed by atoms with van der Waals surface area (Å²) in [6, 6.07) is 17.0. The van der Waals surface area contributed by atoms with E-state index in [2.05, 4.69) is 29.4 Å². The minimum absolute atomic E-state index is 0.0634.